The first-order valence-electron chi connectivity index (χ1n) is 6.13. The number of anilines is 1. The van der Waals surface area contributed by atoms with Crippen LogP contribution in [0.5, 0.6) is 0 Å². The van der Waals surface area contributed by atoms with Gasteiger partial charge in [-0.2, -0.15) is 0 Å². The van der Waals surface area contributed by atoms with Crippen LogP contribution in [0.15, 0.2) is 36.5 Å². The van der Waals surface area contributed by atoms with Crippen molar-refractivity contribution in [2.45, 2.75) is 6.92 Å². The van der Waals surface area contributed by atoms with Crippen LogP contribution in [0.3, 0.4) is 0 Å². The number of amides is 1. The number of methoxy groups -OCH3 is 1. The van der Waals surface area contributed by atoms with Crippen LogP contribution >= 0.6 is 11.6 Å². The second kappa shape index (κ2) is 6.37. The van der Waals surface area contributed by atoms with E-state index in [1.54, 1.807) is 12.1 Å². The van der Waals surface area contributed by atoms with Crippen LogP contribution in [0.4, 0.5) is 5.69 Å². The smallest absolute Gasteiger partial charge is 0.339 e. The number of carbonyl (C=O) groups is 2. The monoisotopic (exact) mass is 304 g/mol. The van der Waals surface area contributed by atoms with Gasteiger partial charge in [0.25, 0.3) is 5.91 Å². The van der Waals surface area contributed by atoms with Crippen LogP contribution in [0.2, 0.25) is 5.02 Å². The highest BCUT2D eigenvalue weighted by Crippen LogP contribution is 2.20. The van der Waals surface area contributed by atoms with Gasteiger partial charge in [0.1, 0.15) is 5.69 Å². The summed E-state index contributed by atoms with van der Waals surface area (Å²) >= 11 is 6.00. The summed E-state index contributed by atoms with van der Waals surface area (Å²) in [5.74, 6) is -0.883. The molecule has 0 atom stereocenters. The zero-order valence-corrected chi connectivity index (χ0v) is 12.3. The zero-order chi connectivity index (χ0) is 15.4. The Morgan fingerprint density at radius 1 is 1.24 bits per heavy atom. The molecule has 108 valence electrons. The minimum Gasteiger partial charge on any atom is -0.465 e. The number of carbonyl (C=O) groups excluding carboxylic acids is 2. The van der Waals surface area contributed by atoms with Crippen LogP contribution in [-0.2, 0) is 4.74 Å². The van der Waals surface area contributed by atoms with E-state index in [1.165, 1.54) is 25.4 Å². The third-order valence-corrected chi connectivity index (χ3v) is 3.25. The topological polar surface area (TPSA) is 68.3 Å². The van der Waals surface area contributed by atoms with Gasteiger partial charge in [-0.3, -0.25) is 9.78 Å². The molecule has 0 radical (unpaired) electrons. The van der Waals surface area contributed by atoms with Crippen molar-refractivity contribution in [1.29, 1.82) is 0 Å². The van der Waals surface area contributed by atoms with Gasteiger partial charge in [0.05, 0.1) is 12.7 Å². The molecule has 0 unspecified atom stereocenters. The standard InChI is InChI=1S/C15H13ClN2O3/c1-9-3-5-11(7-12(9)16)18-14(19)13-6-4-10(8-17-13)15(20)21-2/h3-8H,1-2H3,(H,18,19). The number of halogens is 1. The number of esters is 1. The number of hydrogen-bond donors (Lipinski definition) is 1. The average molecular weight is 305 g/mol. The fraction of sp³-hybridized carbons (Fsp3) is 0.133. The van der Waals surface area contributed by atoms with Gasteiger partial charge in [-0.15, -0.1) is 0 Å². The van der Waals surface area contributed by atoms with E-state index >= 15 is 0 Å². The van der Waals surface area contributed by atoms with E-state index in [4.69, 9.17) is 11.6 Å². The molecule has 2 aromatic rings. The Morgan fingerprint density at radius 2 is 2.00 bits per heavy atom. The van der Waals surface area contributed by atoms with Crippen LogP contribution < -0.4 is 5.32 Å². The Balaban J connectivity index is 2.13. The SMILES string of the molecule is COC(=O)c1ccc(C(=O)Nc2ccc(C)c(Cl)c2)nc1. The minimum atomic E-state index is -0.500. The first-order valence-corrected chi connectivity index (χ1v) is 6.51. The van der Waals surface area contributed by atoms with Crippen LogP contribution in [-0.4, -0.2) is 24.0 Å². The number of hydrogen-bond acceptors (Lipinski definition) is 4. The second-order valence-corrected chi connectivity index (χ2v) is 4.75. The molecule has 0 bridgehead atoms. The number of nitrogens with zero attached hydrogens (tertiary/aromatic N) is 1. The molecule has 5 nitrogen and oxygen atoms in total. The van der Waals surface area contributed by atoms with Gasteiger partial charge in [-0.25, -0.2) is 4.79 Å². The van der Waals surface area contributed by atoms with E-state index in [-0.39, 0.29) is 17.2 Å². The molecule has 0 fully saturated rings. The first kappa shape index (κ1) is 15.0. The quantitative estimate of drug-likeness (QED) is 0.885. The zero-order valence-electron chi connectivity index (χ0n) is 11.5. The third-order valence-electron chi connectivity index (χ3n) is 2.85. The van der Waals surface area contributed by atoms with Gasteiger partial charge < -0.3 is 10.1 Å². The third kappa shape index (κ3) is 3.58. The molecule has 0 saturated heterocycles. The molecule has 1 heterocycles. The molecule has 1 N–H and O–H groups in total. The fourth-order valence-corrected chi connectivity index (χ4v) is 1.81. The van der Waals surface area contributed by atoms with Crippen molar-refractivity contribution in [3.05, 3.63) is 58.4 Å². The molecule has 1 amide bonds. The Morgan fingerprint density at radius 3 is 2.57 bits per heavy atom. The van der Waals surface area contributed by atoms with E-state index in [9.17, 15) is 9.59 Å². The highest BCUT2D eigenvalue weighted by molar-refractivity contribution is 6.31. The van der Waals surface area contributed by atoms with E-state index in [0.29, 0.717) is 10.7 Å². The van der Waals surface area contributed by atoms with Crippen molar-refractivity contribution < 1.29 is 14.3 Å². The van der Waals surface area contributed by atoms with Gasteiger partial charge in [0.2, 0.25) is 0 Å². The van der Waals surface area contributed by atoms with Crippen LogP contribution in [0.25, 0.3) is 0 Å². The molecule has 0 aliphatic carbocycles. The van der Waals surface area contributed by atoms with Crippen molar-refractivity contribution in [2.24, 2.45) is 0 Å². The van der Waals surface area contributed by atoms with Gasteiger partial charge >= 0.3 is 5.97 Å². The molecule has 1 aromatic heterocycles. The lowest BCUT2D eigenvalue weighted by atomic mass is 10.2. The summed E-state index contributed by atoms with van der Waals surface area (Å²) in [4.78, 5) is 27.2. The molecule has 0 aliphatic heterocycles. The van der Waals surface area contributed by atoms with Gasteiger partial charge in [0.15, 0.2) is 0 Å². The summed E-state index contributed by atoms with van der Waals surface area (Å²) in [7, 11) is 1.28. The summed E-state index contributed by atoms with van der Waals surface area (Å²) in [5, 5.41) is 3.26. The summed E-state index contributed by atoms with van der Waals surface area (Å²) < 4.78 is 4.56. The Kier molecular flexibility index (Phi) is 4.55. The maximum Gasteiger partial charge on any atom is 0.339 e. The molecule has 0 aliphatic rings. The maximum absolute atomic E-state index is 12.0. The number of aromatic nitrogens is 1. The molecule has 0 saturated carbocycles. The summed E-state index contributed by atoms with van der Waals surface area (Å²) in [6.45, 7) is 1.88. The molecular formula is C15H13ClN2O3. The number of rotatable bonds is 3. The molecule has 21 heavy (non-hydrogen) atoms. The van der Waals surface area contributed by atoms with Crippen molar-refractivity contribution in [2.75, 3.05) is 12.4 Å². The summed E-state index contributed by atoms with van der Waals surface area (Å²) in [5.41, 5.74) is 1.98. The molecule has 2 rings (SSSR count). The van der Waals surface area contributed by atoms with E-state index in [1.807, 2.05) is 13.0 Å². The second-order valence-electron chi connectivity index (χ2n) is 4.34. The van der Waals surface area contributed by atoms with Gasteiger partial charge in [0, 0.05) is 16.9 Å². The molecule has 1 aromatic carbocycles. The molecule has 0 spiro atoms. The normalized spacial score (nSPS) is 10.0. The molecule has 6 heteroatoms. The highest BCUT2D eigenvalue weighted by Gasteiger charge is 2.11. The van der Waals surface area contributed by atoms with Crippen molar-refractivity contribution in [3.63, 3.8) is 0 Å². The number of benzene rings is 1. The largest absolute Gasteiger partial charge is 0.465 e. The minimum absolute atomic E-state index is 0.194. The first-order chi connectivity index (χ1) is 10.0. The lowest BCUT2D eigenvalue weighted by Crippen LogP contribution is -2.14. The Hall–Kier alpha value is -2.40. The Bertz CT molecular complexity index is 684. The fourth-order valence-electron chi connectivity index (χ4n) is 1.63. The number of aryl methyl sites for hydroxylation is 1. The van der Waals surface area contributed by atoms with Crippen LogP contribution in [0, 0.1) is 6.92 Å². The van der Waals surface area contributed by atoms with Crippen LogP contribution in [0.1, 0.15) is 26.4 Å². The van der Waals surface area contributed by atoms with E-state index in [2.05, 4.69) is 15.0 Å². The van der Waals surface area contributed by atoms with Crippen molar-refractivity contribution in [3.8, 4) is 0 Å². The maximum atomic E-state index is 12.0. The Labute approximate surface area is 126 Å². The number of nitrogens with one attached hydrogen (secondary N) is 1. The predicted octanol–water partition coefficient (Wildman–Crippen LogP) is 3.08. The number of ether oxygens (including phenoxy) is 1. The van der Waals surface area contributed by atoms with Crippen molar-refractivity contribution >= 4 is 29.2 Å². The van der Waals surface area contributed by atoms with Gasteiger partial charge in [-0.1, -0.05) is 17.7 Å². The summed E-state index contributed by atoms with van der Waals surface area (Å²) in [6, 6.07) is 8.17. The van der Waals surface area contributed by atoms with Crippen molar-refractivity contribution in [1.82, 2.24) is 4.98 Å². The average Bonchev–Trinajstić information content (AvgIpc) is 2.50. The van der Waals surface area contributed by atoms with Gasteiger partial charge in [-0.05, 0) is 36.8 Å². The highest BCUT2D eigenvalue weighted by atomic mass is 35.5. The lowest BCUT2D eigenvalue weighted by Gasteiger charge is -2.06. The molecular weight excluding hydrogens is 292 g/mol. The number of pyridine rings is 1. The van der Waals surface area contributed by atoms with E-state index in [0.717, 1.165) is 5.56 Å². The summed E-state index contributed by atoms with van der Waals surface area (Å²) in [6.07, 6.45) is 1.29. The van der Waals surface area contributed by atoms with E-state index < -0.39 is 5.97 Å². The predicted molar refractivity (Wildman–Crippen MR) is 79.7 cm³/mol. The lowest BCUT2D eigenvalue weighted by molar-refractivity contribution is 0.0600.